The number of carboxylic acid groups (broad SMARTS) is 1. The van der Waals surface area contributed by atoms with Gasteiger partial charge in [-0.25, -0.2) is 9.78 Å². The number of benzene rings is 2. The van der Waals surface area contributed by atoms with Gasteiger partial charge in [0.1, 0.15) is 0 Å². The first kappa shape index (κ1) is 17.5. The van der Waals surface area contributed by atoms with E-state index in [1.807, 2.05) is 48.8 Å². The number of rotatable bonds is 5. The van der Waals surface area contributed by atoms with Crippen molar-refractivity contribution >= 4 is 5.97 Å². The first-order valence-corrected chi connectivity index (χ1v) is 9.38. The molecule has 2 aromatic carbocycles. The molecule has 0 bridgehead atoms. The van der Waals surface area contributed by atoms with E-state index < -0.39 is 5.97 Å². The lowest BCUT2D eigenvalue weighted by atomic mass is 9.96. The Balaban J connectivity index is 1.84. The minimum atomic E-state index is -0.917. The maximum absolute atomic E-state index is 11.8. The fraction of sp³-hybridized carbons (Fsp3) is 0.273. The van der Waals surface area contributed by atoms with Gasteiger partial charge in [-0.2, -0.15) is 0 Å². The van der Waals surface area contributed by atoms with Crippen LogP contribution in [-0.2, 0) is 6.54 Å². The molecule has 0 radical (unpaired) electrons. The third-order valence-corrected chi connectivity index (χ3v) is 5.21. The molecule has 1 aromatic heterocycles. The molecular formula is C22H23N3O2. The van der Waals surface area contributed by atoms with E-state index in [1.54, 1.807) is 12.1 Å². The maximum Gasteiger partial charge on any atom is 0.336 e. The van der Waals surface area contributed by atoms with E-state index in [-0.39, 0.29) is 0 Å². The molecule has 1 saturated heterocycles. The lowest BCUT2D eigenvalue weighted by Crippen LogP contribution is -2.29. The first-order valence-electron chi connectivity index (χ1n) is 9.38. The molecule has 0 atom stereocenters. The molecule has 27 heavy (non-hydrogen) atoms. The van der Waals surface area contributed by atoms with Gasteiger partial charge in [-0.05, 0) is 37.9 Å². The number of nitrogens with one attached hydrogen (secondary N) is 1. The Bertz CT molecular complexity index is 928. The van der Waals surface area contributed by atoms with Crippen LogP contribution in [0.3, 0.4) is 0 Å². The molecule has 5 nitrogen and oxygen atoms in total. The van der Waals surface area contributed by atoms with E-state index in [4.69, 9.17) is 0 Å². The number of nitrogens with zero attached hydrogens (tertiary/aromatic N) is 2. The number of hydrogen-bond donors (Lipinski definition) is 2. The highest BCUT2D eigenvalue weighted by Gasteiger charge is 2.22. The lowest BCUT2D eigenvalue weighted by Gasteiger charge is -2.24. The van der Waals surface area contributed by atoms with Crippen LogP contribution >= 0.6 is 0 Å². The molecule has 1 aliphatic rings. The number of piperidine rings is 1. The van der Waals surface area contributed by atoms with Gasteiger partial charge in [0.15, 0.2) is 0 Å². The van der Waals surface area contributed by atoms with Gasteiger partial charge in [-0.3, -0.25) is 0 Å². The summed E-state index contributed by atoms with van der Waals surface area (Å²) in [4.78, 5) is 16.5. The molecule has 0 aliphatic carbocycles. The standard InChI is InChI=1S/C22H23N3O2/c26-22(27)19-9-5-4-8-18(19)21-20(17-6-2-1-3-7-17)24-15-25(21)14-16-10-12-23-13-11-16/h1-9,15-16,23H,10-14H2,(H,26,27). The highest BCUT2D eigenvalue weighted by Crippen LogP contribution is 2.34. The Morgan fingerprint density at radius 2 is 1.78 bits per heavy atom. The Labute approximate surface area is 158 Å². The number of carbonyl (C=O) groups is 1. The van der Waals surface area contributed by atoms with E-state index in [0.717, 1.165) is 55.0 Å². The minimum Gasteiger partial charge on any atom is -0.478 e. The SMILES string of the molecule is O=C(O)c1ccccc1-c1c(-c2ccccc2)ncn1CC1CCNCC1. The highest BCUT2D eigenvalue weighted by atomic mass is 16.4. The first-order chi connectivity index (χ1) is 13.2. The van der Waals surface area contributed by atoms with Crippen molar-refractivity contribution < 1.29 is 9.90 Å². The number of hydrogen-bond acceptors (Lipinski definition) is 3. The summed E-state index contributed by atoms with van der Waals surface area (Å²) < 4.78 is 2.14. The zero-order valence-electron chi connectivity index (χ0n) is 15.1. The number of imidazole rings is 1. The van der Waals surface area contributed by atoms with Gasteiger partial charge < -0.3 is 15.0 Å². The van der Waals surface area contributed by atoms with Crippen LogP contribution in [0.1, 0.15) is 23.2 Å². The van der Waals surface area contributed by atoms with Crippen LogP contribution in [0.5, 0.6) is 0 Å². The quantitative estimate of drug-likeness (QED) is 0.723. The van der Waals surface area contributed by atoms with Crippen LogP contribution in [0.2, 0.25) is 0 Å². The van der Waals surface area contributed by atoms with E-state index in [2.05, 4.69) is 14.9 Å². The molecule has 2 N–H and O–H groups in total. The summed E-state index contributed by atoms with van der Waals surface area (Å²) in [6, 6.07) is 17.2. The van der Waals surface area contributed by atoms with Gasteiger partial charge in [-0.1, -0.05) is 48.5 Å². The second kappa shape index (κ2) is 7.76. The molecule has 3 aromatic rings. The molecular weight excluding hydrogens is 338 g/mol. The van der Waals surface area contributed by atoms with E-state index in [9.17, 15) is 9.90 Å². The second-order valence-corrected chi connectivity index (χ2v) is 7.00. The fourth-order valence-corrected chi connectivity index (χ4v) is 3.83. The normalized spacial score (nSPS) is 15.0. The Hall–Kier alpha value is -2.92. The van der Waals surface area contributed by atoms with Crippen LogP contribution in [0.25, 0.3) is 22.5 Å². The molecule has 4 rings (SSSR count). The topological polar surface area (TPSA) is 67.1 Å². The fourth-order valence-electron chi connectivity index (χ4n) is 3.83. The zero-order chi connectivity index (χ0) is 18.6. The summed E-state index contributed by atoms with van der Waals surface area (Å²) in [6.07, 6.45) is 4.11. The summed E-state index contributed by atoms with van der Waals surface area (Å²) in [7, 11) is 0. The van der Waals surface area contributed by atoms with E-state index in [1.165, 1.54) is 0 Å². The van der Waals surface area contributed by atoms with Crippen molar-refractivity contribution in [2.24, 2.45) is 5.92 Å². The van der Waals surface area contributed by atoms with Crippen molar-refractivity contribution in [1.82, 2.24) is 14.9 Å². The van der Waals surface area contributed by atoms with Crippen molar-refractivity contribution in [3.05, 3.63) is 66.5 Å². The van der Waals surface area contributed by atoms with Crippen LogP contribution in [0.15, 0.2) is 60.9 Å². The average molecular weight is 361 g/mol. The van der Waals surface area contributed by atoms with Crippen LogP contribution in [0.4, 0.5) is 0 Å². The molecule has 0 saturated carbocycles. The highest BCUT2D eigenvalue weighted by molar-refractivity contribution is 5.97. The molecule has 1 fully saturated rings. The smallest absolute Gasteiger partial charge is 0.336 e. The number of aromatic nitrogens is 2. The molecule has 2 heterocycles. The van der Waals surface area contributed by atoms with Crippen molar-refractivity contribution in [1.29, 1.82) is 0 Å². The van der Waals surface area contributed by atoms with Gasteiger partial charge in [0.25, 0.3) is 0 Å². The maximum atomic E-state index is 11.8. The molecule has 5 heteroatoms. The lowest BCUT2D eigenvalue weighted by molar-refractivity contribution is 0.0697. The van der Waals surface area contributed by atoms with Gasteiger partial charge in [0, 0.05) is 17.7 Å². The monoisotopic (exact) mass is 361 g/mol. The third kappa shape index (κ3) is 3.64. The molecule has 1 aliphatic heterocycles. The van der Waals surface area contributed by atoms with Gasteiger partial charge in [-0.15, -0.1) is 0 Å². The van der Waals surface area contributed by atoms with Gasteiger partial charge in [0.2, 0.25) is 0 Å². The minimum absolute atomic E-state index is 0.307. The predicted molar refractivity (Wildman–Crippen MR) is 106 cm³/mol. The van der Waals surface area contributed by atoms with Crippen molar-refractivity contribution in [2.75, 3.05) is 13.1 Å². The van der Waals surface area contributed by atoms with Crippen molar-refractivity contribution in [3.63, 3.8) is 0 Å². The summed E-state index contributed by atoms with van der Waals surface area (Å²) in [5.74, 6) is -0.348. The van der Waals surface area contributed by atoms with E-state index in [0.29, 0.717) is 11.5 Å². The summed E-state index contributed by atoms with van der Waals surface area (Å²) in [5.41, 5.74) is 3.74. The van der Waals surface area contributed by atoms with Crippen LogP contribution in [0, 0.1) is 5.92 Å². The van der Waals surface area contributed by atoms with Gasteiger partial charge in [0.05, 0.1) is 23.3 Å². The molecule has 0 unspecified atom stereocenters. The van der Waals surface area contributed by atoms with Crippen LogP contribution in [-0.4, -0.2) is 33.7 Å². The third-order valence-electron chi connectivity index (χ3n) is 5.21. The molecule has 0 spiro atoms. The summed E-state index contributed by atoms with van der Waals surface area (Å²) in [6.45, 7) is 2.92. The van der Waals surface area contributed by atoms with E-state index >= 15 is 0 Å². The Morgan fingerprint density at radius 3 is 2.52 bits per heavy atom. The molecule has 138 valence electrons. The largest absolute Gasteiger partial charge is 0.478 e. The van der Waals surface area contributed by atoms with Gasteiger partial charge >= 0.3 is 5.97 Å². The predicted octanol–water partition coefficient (Wildman–Crippen LogP) is 3.91. The Morgan fingerprint density at radius 1 is 1.07 bits per heavy atom. The average Bonchev–Trinajstić information content (AvgIpc) is 3.12. The molecule has 0 amide bonds. The van der Waals surface area contributed by atoms with Crippen LogP contribution < -0.4 is 5.32 Å². The zero-order valence-corrected chi connectivity index (χ0v) is 15.1. The van der Waals surface area contributed by atoms with Crippen molar-refractivity contribution in [2.45, 2.75) is 19.4 Å². The van der Waals surface area contributed by atoms with Crippen molar-refractivity contribution in [3.8, 4) is 22.5 Å². The number of carboxylic acids is 1. The second-order valence-electron chi connectivity index (χ2n) is 7.00. The summed E-state index contributed by atoms with van der Waals surface area (Å²) >= 11 is 0. The number of aromatic carboxylic acids is 1. The Kier molecular flexibility index (Phi) is 5.03. The summed E-state index contributed by atoms with van der Waals surface area (Å²) in [5, 5.41) is 13.1.